The minimum absolute atomic E-state index is 0.0230. The van der Waals surface area contributed by atoms with Crippen LogP contribution in [-0.2, 0) is 0 Å². The monoisotopic (exact) mass is 325 g/mol. The molecule has 3 N–H and O–H groups in total. The number of amides is 2. The number of carbonyl (C=O) groups is 2. The third-order valence-corrected chi connectivity index (χ3v) is 3.16. The van der Waals surface area contributed by atoms with E-state index in [1.165, 1.54) is 24.4 Å². The van der Waals surface area contributed by atoms with Gasteiger partial charge in [-0.2, -0.15) is 0 Å². The maximum atomic E-state index is 11.8. The summed E-state index contributed by atoms with van der Waals surface area (Å²) in [6.07, 6.45) is 1.29. The van der Waals surface area contributed by atoms with Crippen molar-refractivity contribution in [2.75, 3.05) is 10.6 Å². The zero-order chi connectivity index (χ0) is 15.4. The van der Waals surface area contributed by atoms with E-state index in [-0.39, 0.29) is 11.4 Å². The molecule has 0 atom stereocenters. The Labute approximate surface area is 129 Å². The Morgan fingerprint density at radius 1 is 1.05 bits per heavy atom. The Balaban J connectivity index is 2.06. The van der Waals surface area contributed by atoms with Gasteiger partial charge in [0.05, 0.1) is 15.6 Å². The van der Waals surface area contributed by atoms with Crippen molar-refractivity contribution >= 4 is 46.7 Å². The van der Waals surface area contributed by atoms with Gasteiger partial charge in [-0.05, 0) is 30.3 Å². The first-order chi connectivity index (χ1) is 9.95. The zero-order valence-corrected chi connectivity index (χ0v) is 11.9. The molecule has 2 rings (SSSR count). The minimum Gasteiger partial charge on any atom is -0.478 e. The largest absolute Gasteiger partial charge is 0.478 e. The molecule has 0 saturated heterocycles. The van der Waals surface area contributed by atoms with Gasteiger partial charge in [0.15, 0.2) is 0 Å². The van der Waals surface area contributed by atoms with Crippen LogP contribution < -0.4 is 10.6 Å². The maximum Gasteiger partial charge on any atom is 0.335 e. The first kappa shape index (κ1) is 15.1. The Morgan fingerprint density at radius 2 is 1.81 bits per heavy atom. The van der Waals surface area contributed by atoms with Crippen molar-refractivity contribution in [2.45, 2.75) is 0 Å². The summed E-state index contributed by atoms with van der Waals surface area (Å²) in [6, 6.07) is 6.60. The summed E-state index contributed by atoms with van der Waals surface area (Å²) in [6.45, 7) is 0. The van der Waals surface area contributed by atoms with Crippen LogP contribution >= 0.6 is 23.2 Å². The summed E-state index contributed by atoms with van der Waals surface area (Å²) < 4.78 is 0. The normalized spacial score (nSPS) is 10.0. The number of anilines is 2. The third-order valence-electron chi connectivity index (χ3n) is 2.43. The molecule has 0 unspecified atom stereocenters. The first-order valence-electron chi connectivity index (χ1n) is 5.68. The summed E-state index contributed by atoms with van der Waals surface area (Å²) in [7, 11) is 0. The Morgan fingerprint density at radius 3 is 2.48 bits per heavy atom. The van der Waals surface area contributed by atoms with Gasteiger partial charge in [-0.25, -0.2) is 14.6 Å². The van der Waals surface area contributed by atoms with Crippen LogP contribution in [0, 0.1) is 0 Å². The first-order valence-corrected chi connectivity index (χ1v) is 6.43. The summed E-state index contributed by atoms with van der Waals surface area (Å²) in [5, 5.41) is 14.5. The van der Waals surface area contributed by atoms with Crippen molar-refractivity contribution in [1.82, 2.24) is 4.98 Å². The number of nitrogens with zero attached hydrogens (tertiary/aromatic N) is 1. The van der Waals surface area contributed by atoms with Crippen molar-refractivity contribution in [1.29, 1.82) is 0 Å². The highest BCUT2D eigenvalue weighted by atomic mass is 35.5. The number of pyridine rings is 1. The number of hydrogen-bond donors (Lipinski definition) is 3. The second kappa shape index (κ2) is 6.43. The van der Waals surface area contributed by atoms with Crippen LogP contribution in [0.1, 0.15) is 10.4 Å². The highest BCUT2D eigenvalue weighted by molar-refractivity contribution is 6.42. The van der Waals surface area contributed by atoms with Crippen LogP contribution in [0.2, 0.25) is 10.0 Å². The van der Waals surface area contributed by atoms with Crippen LogP contribution in [-0.4, -0.2) is 22.1 Å². The number of aromatic nitrogens is 1. The topological polar surface area (TPSA) is 91.3 Å². The second-order valence-electron chi connectivity index (χ2n) is 3.94. The van der Waals surface area contributed by atoms with E-state index in [1.807, 2.05) is 0 Å². The lowest BCUT2D eigenvalue weighted by molar-refractivity contribution is 0.0696. The molecule has 6 nitrogen and oxygen atoms in total. The van der Waals surface area contributed by atoms with Crippen molar-refractivity contribution in [3.05, 3.63) is 52.1 Å². The van der Waals surface area contributed by atoms with Crippen molar-refractivity contribution in [3.63, 3.8) is 0 Å². The minimum atomic E-state index is -1.11. The van der Waals surface area contributed by atoms with Gasteiger partial charge in [0, 0.05) is 11.9 Å². The van der Waals surface area contributed by atoms with Gasteiger partial charge in [0.1, 0.15) is 5.82 Å². The molecule has 8 heteroatoms. The van der Waals surface area contributed by atoms with Crippen LogP contribution in [0.25, 0.3) is 0 Å². The number of carboxylic acids is 1. The van der Waals surface area contributed by atoms with E-state index in [4.69, 9.17) is 28.3 Å². The molecule has 2 aromatic rings. The molecular weight excluding hydrogens is 317 g/mol. The predicted molar refractivity (Wildman–Crippen MR) is 80.3 cm³/mol. The fourth-order valence-corrected chi connectivity index (χ4v) is 1.78. The highest BCUT2D eigenvalue weighted by Gasteiger charge is 2.08. The maximum absolute atomic E-state index is 11.8. The van der Waals surface area contributed by atoms with Gasteiger partial charge in [-0.15, -0.1) is 0 Å². The number of halogens is 2. The number of urea groups is 1. The van der Waals surface area contributed by atoms with Crippen LogP contribution in [0.3, 0.4) is 0 Å². The molecule has 0 saturated carbocycles. The lowest BCUT2D eigenvalue weighted by Crippen LogP contribution is -2.20. The molecule has 0 aliphatic rings. The number of aromatic carboxylic acids is 1. The van der Waals surface area contributed by atoms with E-state index < -0.39 is 12.0 Å². The van der Waals surface area contributed by atoms with E-state index in [1.54, 1.807) is 12.1 Å². The summed E-state index contributed by atoms with van der Waals surface area (Å²) in [4.78, 5) is 26.4. The molecule has 0 fully saturated rings. The molecular formula is C13H9Cl2N3O3. The van der Waals surface area contributed by atoms with Crippen molar-refractivity contribution in [3.8, 4) is 0 Å². The molecule has 1 heterocycles. The second-order valence-corrected chi connectivity index (χ2v) is 4.76. The van der Waals surface area contributed by atoms with Gasteiger partial charge in [0.25, 0.3) is 0 Å². The fraction of sp³-hybridized carbons (Fsp3) is 0. The number of benzene rings is 1. The average Bonchev–Trinajstić information content (AvgIpc) is 2.43. The SMILES string of the molecule is O=C(Nc1ccc(Cl)c(Cl)c1)Nc1cc(C(=O)O)ccn1. The summed E-state index contributed by atoms with van der Waals surface area (Å²) in [5.74, 6) is -0.988. The summed E-state index contributed by atoms with van der Waals surface area (Å²) >= 11 is 11.6. The molecule has 2 amide bonds. The molecule has 1 aromatic carbocycles. The van der Waals surface area contributed by atoms with Gasteiger partial charge >= 0.3 is 12.0 Å². The highest BCUT2D eigenvalue weighted by Crippen LogP contribution is 2.25. The van der Waals surface area contributed by atoms with Crippen LogP contribution in [0.5, 0.6) is 0 Å². The third kappa shape index (κ3) is 4.08. The van der Waals surface area contributed by atoms with Gasteiger partial charge < -0.3 is 10.4 Å². The fourth-order valence-electron chi connectivity index (χ4n) is 1.48. The zero-order valence-electron chi connectivity index (χ0n) is 10.4. The lowest BCUT2D eigenvalue weighted by Gasteiger charge is -2.08. The quantitative estimate of drug-likeness (QED) is 0.801. The standard InChI is InChI=1S/C13H9Cl2N3O3/c14-9-2-1-8(6-10(9)15)17-13(21)18-11-5-7(12(19)20)3-4-16-11/h1-6H,(H,19,20)(H2,16,17,18,21). The molecule has 0 radical (unpaired) electrons. The molecule has 0 bridgehead atoms. The van der Waals surface area contributed by atoms with E-state index in [0.29, 0.717) is 15.7 Å². The van der Waals surface area contributed by atoms with E-state index in [0.717, 1.165) is 0 Å². The number of carboxylic acid groups (broad SMARTS) is 1. The summed E-state index contributed by atoms with van der Waals surface area (Å²) in [5.41, 5.74) is 0.464. The van der Waals surface area contributed by atoms with E-state index >= 15 is 0 Å². The Hall–Kier alpha value is -2.31. The van der Waals surface area contributed by atoms with Crippen LogP contribution in [0.4, 0.5) is 16.3 Å². The molecule has 1 aromatic heterocycles. The lowest BCUT2D eigenvalue weighted by atomic mass is 10.2. The predicted octanol–water partition coefficient (Wildman–Crippen LogP) is 3.73. The van der Waals surface area contributed by atoms with Crippen LogP contribution in [0.15, 0.2) is 36.5 Å². The molecule has 0 aliphatic carbocycles. The number of hydrogen-bond acceptors (Lipinski definition) is 3. The Kier molecular flexibility index (Phi) is 4.62. The number of carbonyl (C=O) groups excluding carboxylic acids is 1. The average molecular weight is 326 g/mol. The molecule has 21 heavy (non-hydrogen) atoms. The smallest absolute Gasteiger partial charge is 0.335 e. The van der Waals surface area contributed by atoms with Gasteiger partial charge in [0.2, 0.25) is 0 Å². The number of nitrogens with one attached hydrogen (secondary N) is 2. The Bertz CT molecular complexity index is 707. The van der Waals surface area contributed by atoms with E-state index in [2.05, 4.69) is 15.6 Å². The molecule has 0 spiro atoms. The van der Waals surface area contributed by atoms with E-state index in [9.17, 15) is 9.59 Å². The van der Waals surface area contributed by atoms with Gasteiger partial charge in [-0.3, -0.25) is 5.32 Å². The molecule has 0 aliphatic heterocycles. The van der Waals surface area contributed by atoms with Gasteiger partial charge in [-0.1, -0.05) is 23.2 Å². The number of rotatable bonds is 3. The molecule has 108 valence electrons. The van der Waals surface area contributed by atoms with Crippen molar-refractivity contribution < 1.29 is 14.7 Å². The van der Waals surface area contributed by atoms with Crippen molar-refractivity contribution in [2.24, 2.45) is 0 Å².